The van der Waals surface area contributed by atoms with Crippen LogP contribution in [0.3, 0.4) is 0 Å². The van der Waals surface area contributed by atoms with Gasteiger partial charge in [0.15, 0.2) is 0 Å². The minimum absolute atomic E-state index is 0.611. The van der Waals surface area contributed by atoms with E-state index in [1.165, 1.54) is 0 Å². The third kappa shape index (κ3) is 4.38. The predicted octanol–water partition coefficient (Wildman–Crippen LogP) is 2.47. The molecule has 20 heavy (non-hydrogen) atoms. The Kier molecular flexibility index (Phi) is 6.14. The largest absolute Gasteiger partial charge is 0.382 e. The standard InChI is InChI=1S/C15H20N2O2S/c1-18-8-9-19-10-12-2-4-13(5-3-12)15-17-14(6-7-16)11-20-15/h2-5,11H,6-10,16H2,1H3. The number of nitrogens with two attached hydrogens (primary N) is 1. The van der Waals surface area contributed by atoms with Crippen molar-refractivity contribution in [1.82, 2.24) is 4.98 Å². The molecule has 0 aliphatic rings. The Balaban J connectivity index is 1.93. The van der Waals surface area contributed by atoms with Crippen LogP contribution < -0.4 is 5.73 Å². The lowest BCUT2D eigenvalue weighted by molar-refractivity contribution is 0.0617. The summed E-state index contributed by atoms with van der Waals surface area (Å²) in [4.78, 5) is 4.58. The maximum absolute atomic E-state index is 5.54. The summed E-state index contributed by atoms with van der Waals surface area (Å²) in [6.07, 6.45) is 0.835. The minimum atomic E-state index is 0.611. The first-order valence-corrected chi connectivity index (χ1v) is 7.52. The fraction of sp³-hybridized carbons (Fsp3) is 0.400. The molecule has 0 atom stereocenters. The van der Waals surface area contributed by atoms with Crippen LogP contribution in [0.2, 0.25) is 0 Å². The molecule has 2 rings (SSSR count). The molecule has 1 aromatic heterocycles. The Morgan fingerprint density at radius 3 is 2.70 bits per heavy atom. The summed E-state index contributed by atoms with van der Waals surface area (Å²) in [7, 11) is 1.67. The molecule has 0 aliphatic heterocycles. The van der Waals surface area contributed by atoms with Crippen LogP contribution in [0.25, 0.3) is 10.6 Å². The second-order valence-electron chi connectivity index (χ2n) is 4.42. The summed E-state index contributed by atoms with van der Waals surface area (Å²) in [5.74, 6) is 0. The van der Waals surface area contributed by atoms with Gasteiger partial charge in [-0.25, -0.2) is 4.98 Å². The van der Waals surface area contributed by atoms with Gasteiger partial charge in [-0.2, -0.15) is 0 Å². The first-order valence-electron chi connectivity index (χ1n) is 6.64. The number of benzene rings is 1. The molecule has 4 nitrogen and oxygen atoms in total. The summed E-state index contributed by atoms with van der Waals surface area (Å²) in [5, 5.41) is 3.12. The van der Waals surface area contributed by atoms with Crippen molar-refractivity contribution in [3.8, 4) is 10.6 Å². The van der Waals surface area contributed by atoms with Crippen molar-refractivity contribution in [2.75, 3.05) is 26.9 Å². The van der Waals surface area contributed by atoms with E-state index in [2.05, 4.69) is 34.6 Å². The van der Waals surface area contributed by atoms with Crippen LogP contribution in [0.4, 0.5) is 0 Å². The van der Waals surface area contributed by atoms with Gasteiger partial charge >= 0.3 is 0 Å². The van der Waals surface area contributed by atoms with Crippen molar-refractivity contribution in [1.29, 1.82) is 0 Å². The molecule has 2 N–H and O–H groups in total. The highest BCUT2D eigenvalue weighted by Crippen LogP contribution is 2.24. The van der Waals surface area contributed by atoms with E-state index < -0.39 is 0 Å². The second kappa shape index (κ2) is 8.11. The summed E-state index contributed by atoms with van der Waals surface area (Å²) < 4.78 is 10.4. The minimum Gasteiger partial charge on any atom is -0.382 e. The molecule has 0 unspecified atom stereocenters. The average Bonchev–Trinajstić information content (AvgIpc) is 2.93. The monoisotopic (exact) mass is 292 g/mol. The highest BCUT2D eigenvalue weighted by molar-refractivity contribution is 7.13. The van der Waals surface area contributed by atoms with Crippen molar-refractivity contribution in [3.63, 3.8) is 0 Å². The van der Waals surface area contributed by atoms with Gasteiger partial charge < -0.3 is 15.2 Å². The predicted molar refractivity (Wildman–Crippen MR) is 81.8 cm³/mol. The van der Waals surface area contributed by atoms with E-state index in [0.29, 0.717) is 26.4 Å². The van der Waals surface area contributed by atoms with Gasteiger partial charge in [0.2, 0.25) is 0 Å². The molecular formula is C15H20N2O2S. The van der Waals surface area contributed by atoms with Crippen molar-refractivity contribution < 1.29 is 9.47 Å². The third-order valence-corrected chi connectivity index (χ3v) is 3.79. The molecule has 108 valence electrons. The topological polar surface area (TPSA) is 57.4 Å². The number of hydrogen-bond donors (Lipinski definition) is 1. The van der Waals surface area contributed by atoms with Gasteiger partial charge in [-0.05, 0) is 12.1 Å². The van der Waals surface area contributed by atoms with E-state index in [9.17, 15) is 0 Å². The summed E-state index contributed by atoms with van der Waals surface area (Å²) >= 11 is 1.66. The lowest BCUT2D eigenvalue weighted by Gasteiger charge is -2.04. The highest BCUT2D eigenvalue weighted by Gasteiger charge is 2.04. The van der Waals surface area contributed by atoms with E-state index >= 15 is 0 Å². The van der Waals surface area contributed by atoms with Crippen LogP contribution in [0.1, 0.15) is 11.3 Å². The summed E-state index contributed by atoms with van der Waals surface area (Å²) in [6.45, 7) is 2.50. The van der Waals surface area contributed by atoms with Crippen molar-refractivity contribution in [2.24, 2.45) is 5.73 Å². The number of thiazole rings is 1. The Morgan fingerprint density at radius 2 is 2.00 bits per heavy atom. The molecule has 2 aromatic rings. The molecule has 0 amide bonds. The van der Waals surface area contributed by atoms with Gasteiger partial charge in [0.1, 0.15) is 5.01 Å². The summed E-state index contributed by atoms with van der Waals surface area (Å²) in [6, 6.07) is 8.32. The van der Waals surface area contributed by atoms with Gasteiger partial charge in [-0.3, -0.25) is 0 Å². The number of ether oxygens (including phenoxy) is 2. The average molecular weight is 292 g/mol. The van der Waals surface area contributed by atoms with Crippen LogP contribution in [0.15, 0.2) is 29.6 Å². The Bertz CT molecular complexity index is 511. The summed E-state index contributed by atoms with van der Waals surface area (Å²) in [5.41, 5.74) is 8.90. The number of aromatic nitrogens is 1. The first-order chi connectivity index (χ1) is 9.83. The van der Waals surface area contributed by atoms with Crippen molar-refractivity contribution in [3.05, 3.63) is 40.9 Å². The fourth-order valence-corrected chi connectivity index (χ4v) is 2.64. The third-order valence-electron chi connectivity index (χ3n) is 2.85. The number of nitrogens with zero attached hydrogens (tertiary/aromatic N) is 1. The molecule has 0 bridgehead atoms. The Morgan fingerprint density at radius 1 is 1.20 bits per heavy atom. The molecule has 0 saturated carbocycles. The number of methoxy groups -OCH3 is 1. The normalized spacial score (nSPS) is 10.9. The van der Waals surface area contributed by atoms with Gasteiger partial charge in [0, 0.05) is 24.5 Å². The quantitative estimate of drug-likeness (QED) is 0.759. The van der Waals surface area contributed by atoms with E-state index in [0.717, 1.165) is 28.2 Å². The van der Waals surface area contributed by atoms with E-state index in [4.69, 9.17) is 15.2 Å². The molecule has 0 fully saturated rings. The van der Waals surface area contributed by atoms with E-state index in [1.54, 1.807) is 18.4 Å². The lowest BCUT2D eigenvalue weighted by atomic mass is 10.1. The number of hydrogen-bond acceptors (Lipinski definition) is 5. The SMILES string of the molecule is COCCOCc1ccc(-c2nc(CCN)cs2)cc1. The lowest BCUT2D eigenvalue weighted by Crippen LogP contribution is -2.02. The zero-order valence-electron chi connectivity index (χ0n) is 11.7. The highest BCUT2D eigenvalue weighted by atomic mass is 32.1. The molecule has 1 heterocycles. The van der Waals surface area contributed by atoms with Gasteiger partial charge in [0.25, 0.3) is 0 Å². The van der Waals surface area contributed by atoms with Crippen molar-refractivity contribution in [2.45, 2.75) is 13.0 Å². The van der Waals surface area contributed by atoms with Gasteiger partial charge in [0.05, 0.1) is 25.5 Å². The molecule has 0 radical (unpaired) electrons. The Labute approximate surface area is 123 Å². The van der Waals surface area contributed by atoms with Gasteiger partial charge in [-0.15, -0.1) is 11.3 Å². The van der Waals surface area contributed by atoms with Crippen LogP contribution in [-0.4, -0.2) is 31.9 Å². The Hall–Kier alpha value is -1.27. The van der Waals surface area contributed by atoms with Crippen LogP contribution in [-0.2, 0) is 22.5 Å². The molecule has 5 heteroatoms. The maximum Gasteiger partial charge on any atom is 0.123 e. The smallest absolute Gasteiger partial charge is 0.123 e. The molecule has 1 aromatic carbocycles. The maximum atomic E-state index is 5.54. The fourth-order valence-electron chi connectivity index (χ4n) is 1.78. The van der Waals surface area contributed by atoms with E-state index in [1.807, 2.05) is 0 Å². The van der Waals surface area contributed by atoms with Gasteiger partial charge in [-0.1, -0.05) is 24.3 Å². The first kappa shape index (κ1) is 15.1. The molecule has 0 saturated heterocycles. The number of rotatable bonds is 8. The zero-order chi connectivity index (χ0) is 14.2. The van der Waals surface area contributed by atoms with Crippen LogP contribution >= 0.6 is 11.3 Å². The van der Waals surface area contributed by atoms with Crippen LogP contribution in [0.5, 0.6) is 0 Å². The second-order valence-corrected chi connectivity index (χ2v) is 5.28. The molecule has 0 spiro atoms. The van der Waals surface area contributed by atoms with E-state index in [-0.39, 0.29) is 0 Å². The zero-order valence-corrected chi connectivity index (χ0v) is 12.5. The van der Waals surface area contributed by atoms with Crippen molar-refractivity contribution >= 4 is 11.3 Å². The van der Waals surface area contributed by atoms with Crippen LogP contribution in [0, 0.1) is 0 Å². The molecular weight excluding hydrogens is 272 g/mol. The molecule has 0 aliphatic carbocycles.